The summed E-state index contributed by atoms with van der Waals surface area (Å²) in [5.41, 5.74) is 2.17. The van der Waals surface area contributed by atoms with Gasteiger partial charge in [0.15, 0.2) is 17.9 Å². The Labute approximate surface area is 183 Å². The third-order valence-corrected chi connectivity index (χ3v) is 5.88. The molecule has 0 radical (unpaired) electrons. The minimum Gasteiger partial charge on any atom is -0.366 e. The van der Waals surface area contributed by atoms with E-state index in [1.807, 2.05) is 64.1 Å². The molecule has 5 atom stereocenters. The highest BCUT2D eigenvalue weighted by molar-refractivity contribution is 5.29. The molecule has 3 aliphatic rings. The van der Waals surface area contributed by atoms with E-state index in [0.29, 0.717) is 6.61 Å². The van der Waals surface area contributed by atoms with Gasteiger partial charge < -0.3 is 28.4 Å². The first-order valence-electron chi connectivity index (χ1n) is 10.9. The van der Waals surface area contributed by atoms with Crippen molar-refractivity contribution in [3.05, 3.63) is 71.8 Å². The highest BCUT2D eigenvalue weighted by atomic mass is 16.9. The van der Waals surface area contributed by atoms with Crippen molar-refractivity contribution in [3.8, 4) is 0 Å². The smallest absolute Gasteiger partial charge is 0.190 e. The summed E-state index contributed by atoms with van der Waals surface area (Å²) in [6, 6.07) is 20.4. The quantitative estimate of drug-likeness (QED) is 0.715. The van der Waals surface area contributed by atoms with Crippen molar-refractivity contribution in [2.45, 2.75) is 76.1 Å². The van der Waals surface area contributed by atoms with Crippen LogP contribution in [0.1, 0.15) is 44.9 Å². The average molecular weight is 427 g/mol. The van der Waals surface area contributed by atoms with Gasteiger partial charge in [-0.2, -0.15) is 0 Å². The van der Waals surface area contributed by atoms with Crippen LogP contribution in [0.2, 0.25) is 0 Å². The Morgan fingerprint density at radius 3 is 1.84 bits per heavy atom. The molecule has 3 heterocycles. The molecule has 0 aromatic heterocycles. The molecule has 0 aliphatic carbocycles. The summed E-state index contributed by atoms with van der Waals surface area (Å²) in [5.74, 6) is -1.46. The van der Waals surface area contributed by atoms with Crippen molar-refractivity contribution in [2.24, 2.45) is 0 Å². The second-order valence-corrected chi connectivity index (χ2v) is 9.24. The second-order valence-electron chi connectivity index (χ2n) is 9.24. The van der Waals surface area contributed by atoms with Gasteiger partial charge in [-0.1, -0.05) is 60.7 Å². The van der Waals surface area contributed by atoms with Gasteiger partial charge in [-0.15, -0.1) is 0 Å². The van der Waals surface area contributed by atoms with Crippen molar-refractivity contribution < 1.29 is 28.4 Å². The Morgan fingerprint density at radius 2 is 1.23 bits per heavy atom. The lowest BCUT2D eigenvalue weighted by molar-refractivity contribution is -0.244. The predicted octanol–water partition coefficient (Wildman–Crippen LogP) is 4.19. The van der Waals surface area contributed by atoms with Gasteiger partial charge in [-0.3, -0.25) is 0 Å². The van der Waals surface area contributed by atoms with E-state index in [4.69, 9.17) is 28.4 Å². The van der Waals surface area contributed by atoms with Gasteiger partial charge in [0.05, 0.1) is 6.61 Å². The first kappa shape index (κ1) is 21.1. The van der Waals surface area contributed by atoms with E-state index in [-0.39, 0.29) is 30.5 Å². The average Bonchev–Trinajstić information content (AvgIpc) is 3.24. The van der Waals surface area contributed by atoms with E-state index in [1.165, 1.54) is 0 Å². The number of benzene rings is 2. The summed E-state index contributed by atoms with van der Waals surface area (Å²) in [6.07, 6.45) is -2.00. The molecule has 0 spiro atoms. The fourth-order valence-corrected chi connectivity index (χ4v) is 4.66. The van der Waals surface area contributed by atoms with Crippen LogP contribution in [-0.2, 0) is 28.4 Å². The Kier molecular flexibility index (Phi) is 5.41. The maximum Gasteiger partial charge on any atom is 0.190 e. The molecule has 3 saturated heterocycles. The summed E-state index contributed by atoms with van der Waals surface area (Å²) in [4.78, 5) is 0. The van der Waals surface area contributed by atoms with E-state index in [0.717, 1.165) is 11.1 Å². The summed E-state index contributed by atoms with van der Waals surface area (Å²) in [5, 5.41) is 0. The molecule has 0 N–H and O–H groups in total. The van der Waals surface area contributed by atoms with Gasteiger partial charge >= 0.3 is 0 Å². The van der Waals surface area contributed by atoms with Crippen molar-refractivity contribution in [2.75, 3.05) is 6.61 Å². The highest BCUT2D eigenvalue weighted by Gasteiger charge is 2.60. The zero-order chi connectivity index (χ0) is 21.6. The minimum atomic E-state index is -0.734. The fourth-order valence-electron chi connectivity index (χ4n) is 4.66. The van der Waals surface area contributed by atoms with Crippen LogP contribution in [0, 0.1) is 0 Å². The Hall–Kier alpha value is -1.80. The van der Waals surface area contributed by atoms with Crippen molar-refractivity contribution >= 4 is 0 Å². The van der Waals surface area contributed by atoms with Crippen LogP contribution in [0.4, 0.5) is 0 Å². The van der Waals surface area contributed by atoms with Crippen LogP contribution in [0.5, 0.6) is 0 Å². The molecule has 0 unspecified atom stereocenters. The maximum atomic E-state index is 6.47. The first-order chi connectivity index (χ1) is 14.8. The Balaban J connectivity index is 1.38. The van der Waals surface area contributed by atoms with E-state index in [9.17, 15) is 0 Å². The SMILES string of the molecule is CC1(C)O[C@H]2[C@@H](O1)[C@@H](COC(c1ccccc1)c1ccccc1)O[C@@H]1OC(C)(C)O[C@@H]12. The fraction of sp³-hybridized carbons (Fsp3) is 0.520. The van der Waals surface area contributed by atoms with Gasteiger partial charge in [0.2, 0.25) is 0 Å². The molecule has 5 rings (SSSR count). The van der Waals surface area contributed by atoms with E-state index in [1.54, 1.807) is 0 Å². The molecule has 0 bridgehead atoms. The molecule has 0 saturated carbocycles. The Bertz CT molecular complexity index is 844. The van der Waals surface area contributed by atoms with Crippen LogP contribution in [0.3, 0.4) is 0 Å². The summed E-state index contributed by atoms with van der Waals surface area (Å²) < 4.78 is 37.3. The van der Waals surface area contributed by atoms with Crippen LogP contribution in [-0.4, -0.2) is 48.9 Å². The highest BCUT2D eigenvalue weighted by Crippen LogP contribution is 2.44. The molecule has 0 amide bonds. The lowest BCUT2D eigenvalue weighted by Gasteiger charge is -2.37. The molecule has 31 heavy (non-hydrogen) atoms. The zero-order valence-corrected chi connectivity index (χ0v) is 18.4. The van der Waals surface area contributed by atoms with Crippen LogP contribution < -0.4 is 0 Å². The number of ether oxygens (including phenoxy) is 6. The standard InChI is InChI=1S/C25H30O6/c1-24(2)28-20-18(27-23-22(21(20)29-24)30-25(3,4)31-23)15-26-19(16-11-7-5-8-12-16)17-13-9-6-10-14-17/h5-14,18-23H,15H2,1-4H3/t18-,20+,21+,22-,23-/m1/s1. The molecule has 3 aliphatic heterocycles. The molecule has 6 nitrogen and oxygen atoms in total. The molecule has 2 aromatic carbocycles. The predicted molar refractivity (Wildman–Crippen MR) is 113 cm³/mol. The summed E-state index contributed by atoms with van der Waals surface area (Å²) in [7, 11) is 0. The van der Waals surface area contributed by atoms with Gasteiger partial charge in [0, 0.05) is 0 Å². The number of hydrogen-bond donors (Lipinski definition) is 0. The molecule has 2 aromatic rings. The number of hydrogen-bond acceptors (Lipinski definition) is 6. The lowest BCUT2D eigenvalue weighted by Crippen LogP contribution is -2.56. The van der Waals surface area contributed by atoms with Crippen molar-refractivity contribution in [1.29, 1.82) is 0 Å². The van der Waals surface area contributed by atoms with E-state index < -0.39 is 17.9 Å². The second kappa shape index (κ2) is 7.96. The molecule has 3 fully saturated rings. The van der Waals surface area contributed by atoms with Gasteiger partial charge in [-0.05, 0) is 38.8 Å². The van der Waals surface area contributed by atoms with Gasteiger partial charge in [0.1, 0.15) is 30.5 Å². The summed E-state index contributed by atoms with van der Waals surface area (Å²) in [6.45, 7) is 7.93. The Morgan fingerprint density at radius 1 is 0.710 bits per heavy atom. The topological polar surface area (TPSA) is 55.4 Å². The molecule has 6 heteroatoms. The minimum absolute atomic E-state index is 0.213. The van der Waals surface area contributed by atoms with Crippen molar-refractivity contribution in [1.82, 2.24) is 0 Å². The maximum absolute atomic E-state index is 6.47. The van der Waals surface area contributed by atoms with Crippen LogP contribution >= 0.6 is 0 Å². The van der Waals surface area contributed by atoms with E-state index >= 15 is 0 Å². The molecular weight excluding hydrogens is 396 g/mol. The molecular formula is C25H30O6. The van der Waals surface area contributed by atoms with Crippen LogP contribution in [0.25, 0.3) is 0 Å². The summed E-state index contributed by atoms with van der Waals surface area (Å²) >= 11 is 0. The lowest BCUT2D eigenvalue weighted by atomic mass is 9.98. The largest absolute Gasteiger partial charge is 0.366 e. The normalized spacial score (nSPS) is 33.3. The monoisotopic (exact) mass is 426 g/mol. The van der Waals surface area contributed by atoms with E-state index in [2.05, 4.69) is 24.3 Å². The number of rotatable bonds is 5. The van der Waals surface area contributed by atoms with Gasteiger partial charge in [-0.25, -0.2) is 0 Å². The zero-order valence-electron chi connectivity index (χ0n) is 18.4. The third kappa shape index (κ3) is 4.29. The van der Waals surface area contributed by atoms with Crippen molar-refractivity contribution in [3.63, 3.8) is 0 Å². The third-order valence-electron chi connectivity index (χ3n) is 5.88. The number of fused-ring (bicyclic) bond motifs is 3. The first-order valence-corrected chi connectivity index (χ1v) is 10.9. The van der Waals surface area contributed by atoms with Gasteiger partial charge in [0.25, 0.3) is 0 Å². The van der Waals surface area contributed by atoms with Crippen LogP contribution in [0.15, 0.2) is 60.7 Å². The molecule has 166 valence electrons.